The van der Waals surface area contributed by atoms with Crippen molar-refractivity contribution in [3.8, 4) is 0 Å². The van der Waals surface area contributed by atoms with Crippen LogP contribution in [0.15, 0.2) is 35.3 Å². The van der Waals surface area contributed by atoms with Gasteiger partial charge in [-0.15, -0.1) is 0 Å². The molecule has 0 radical (unpaired) electrons. The molecule has 1 aromatic rings. The van der Waals surface area contributed by atoms with E-state index < -0.39 is 84.4 Å². The summed E-state index contributed by atoms with van der Waals surface area (Å²) in [6.07, 6.45) is -1.46. The summed E-state index contributed by atoms with van der Waals surface area (Å²) >= 11 is 0. The van der Waals surface area contributed by atoms with Crippen molar-refractivity contribution in [1.82, 2.24) is 26.6 Å². The summed E-state index contributed by atoms with van der Waals surface area (Å²) in [5.41, 5.74) is 10.4. The van der Waals surface area contributed by atoms with Gasteiger partial charge in [-0.05, 0) is 45.1 Å². The second kappa shape index (κ2) is 20.8. The molecular formula is C32H50N8O10. The van der Waals surface area contributed by atoms with Crippen LogP contribution in [0.2, 0.25) is 0 Å². The number of aliphatic carboxylic acids is 1. The number of benzene rings is 1. The van der Waals surface area contributed by atoms with Gasteiger partial charge in [0.05, 0.1) is 20.1 Å². The van der Waals surface area contributed by atoms with E-state index in [9.17, 15) is 38.7 Å². The first-order chi connectivity index (χ1) is 23.3. The zero-order valence-corrected chi connectivity index (χ0v) is 29.2. The van der Waals surface area contributed by atoms with E-state index in [1.165, 1.54) is 7.11 Å². The van der Waals surface area contributed by atoms with Crippen molar-refractivity contribution in [3.05, 3.63) is 35.9 Å². The molecule has 0 saturated heterocycles. The molecule has 0 saturated carbocycles. The fourth-order valence-electron chi connectivity index (χ4n) is 4.35. The molecule has 50 heavy (non-hydrogen) atoms. The number of carbonyl (C=O) groups is 7. The van der Waals surface area contributed by atoms with E-state index in [4.69, 9.17) is 20.9 Å². The molecule has 0 heterocycles. The first-order valence-corrected chi connectivity index (χ1v) is 15.9. The van der Waals surface area contributed by atoms with E-state index in [0.717, 1.165) is 0 Å². The molecule has 0 bridgehead atoms. The highest BCUT2D eigenvalue weighted by Crippen LogP contribution is 2.10. The van der Waals surface area contributed by atoms with Crippen LogP contribution in [0, 0.1) is 5.92 Å². The van der Waals surface area contributed by atoms with Crippen LogP contribution in [-0.2, 0) is 44.7 Å². The van der Waals surface area contributed by atoms with E-state index in [1.807, 2.05) is 0 Å². The van der Waals surface area contributed by atoms with Crippen molar-refractivity contribution in [2.24, 2.45) is 22.4 Å². The Morgan fingerprint density at radius 2 is 1.48 bits per heavy atom. The Balaban J connectivity index is 3.09. The molecule has 0 fully saturated rings. The molecule has 0 aliphatic rings. The second-order valence-electron chi connectivity index (χ2n) is 12.6. The average Bonchev–Trinajstić information content (AvgIpc) is 3.01. The lowest BCUT2D eigenvalue weighted by molar-refractivity contribution is -0.147. The van der Waals surface area contributed by atoms with Gasteiger partial charge < -0.3 is 52.6 Å². The summed E-state index contributed by atoms with van der Waals surface area (Å²) in [6, 6.07) is 3.44. The van der Waals surface area contributed by atoms with Gasteiger partial charge in [-0.1, -0.05) is 44.2 Å². The lowest BCUT2D eigenvalue weighted by atomic mass is 10.0. The Morgan fingerprint density at radius 3 is 2.02 bits per heavy atom. The van der Waals surface area contributed by atoms with E-state index in [2.05, 4.69) is 31.6 Å². The van der Waals surface area contributed by atoms with Gasteiger partial charge in [0.15, 0.2) is 5.96 Å². The fourth-order valence-corrected chi connectivity index (χ4v) is 4.35. The van der Waals surface area contributed by atoms with Crippen molar-refractivity contribution >= 4 is 47.6 Å². The molecule has 0 aliphatic heterocycles. The van der Waals surface area contributed by atoms with Gasteiger partial charge >= 0.3 is 18.0 Å². The first-order valence-electron chi connectivity index (χ1n) is 15.9. The molecule has 278 valence electrons. The third kappa shape index (κ3) is 17.1. The zero-order chi connectivity index (χ0) is 38.0. The minimum absolute atomic E-state index is 0.0383. The molecule has 1 aromatic carbocycles. The molecule has 18 nitrogen and oxygen atoms in total. The number of guanidine groups is 1. The third-order valence-electron chi connectivity index (χ3n) is 6.74. The number of hydrogen-bond donors (Lipinski definition) is 8. The van der Waals surface area contributed by atoms with Crippen molar-refractivity contribution in [2.75, 3.05) is 20.2 Å². The number of rotatable bonds is 19. The van der Waals surface area contributed by atoms with Crippen LogP contribution in [-0.4, -0.2) is 103 Å². The second-order valence-corrected chi connectivity index (χ2v) is 12.6. The highest BCUT2D eigenvalue weighted by molar-refractivity contribution is 5.96. The minimum atomic E-state index is -1.67. The Labute approximate surface area is 290 Å². The van der Waals surface area contributed by atoms with E-state index >= 15 is 0 Å². The zero-order valence-electron chi connectivity index (χ0n) is 29.2. The molecule has 0 spiro atoms. The number of carboxylic acid groups (broad SMARTS) is 1. The SMILES string of the molecule is COC(=O)[C@@H](NC(=O)[C@@H](Cc1ccccc1)NC(=O)[C@H](CC(=O)O)NC(=O)CNC(=O)[C@H](CCCN=C(N)N)NC(=O)OC(C)(C)C)C(C)C. The van der Waals surface area contributed by atoms with Crippen LogP contribution < -0.4 is 38.1 Å². The largest absolute Gasteiger partial charge is 0.481 e. The van der Waals surface area contributed by atoms with E-state index in [0.29, 0.717) is 5.56 Å². The molecule has 5 amide bonds. The number of hydrogen-bond acceptors (Lipinski definition) is 10. The molecule has 0 aliphatic carbocycles. The van der Waals surface area contributed by atoms with Gasteiger partial charge in [-0.25, -0.2) is 9.59 Å². The van der Waals surface area contributed by atoms with Crippen LogP contribution in [0.25, 0.3) is 0 Å². The predicted octanol–water partition coefficient (Wildman–Crippen LogP) is -0.950. The van der Waals surface area contributed by atoms with Crippen molar-refractivity contribution < 1.29 is 48.1 Å². The van der Waals surface area contributed by atoms with Crippen LogP contribution in [0.4, 0.5) is 4.79 Å². The Morgan fingerprint density at radius 1 is 0.860 bits per heavy atom. The quantitative estimate of drug-likeness (QED) is 0.0374. The number of nitrogens with zero attached hydrogens (tertiary/aromatic N) is 1. The average molecular weight is 707 g/mol. The maximum atomic E-state index is 13.4. The maximum Gasteiger partial charge on any atom is 0.408 e. The number of nitrogens with one attached hydrogen (secondary N) is 5. The summed E-state index contributed by atoms with van der Waals surface area (Å²) < 4.78 is 9.99. The molecule has 0 aromatic heterocycles. The smallest absolute Gasteiger partial charge is 0.408 e. The number of aliphatic imine (C=N–C) groups is 1. The van der Waals surface area contributed by atoms with Gasteiger partial charge in [-0.3, -0.25) is 29.0 Å². The standard InChI is InChI=1S/C32H50N8O10/c1-18(2)25(29(47)49-6)40-28(46)21(15-19-11-8-7-9-12-19)38-27(45)22(16-24(42)43)37-23(41)17-36-26(44)20(13-10-14-35-30(33)34)39-31(48)50-32(3,4)5/h7-9,11-12,18,20-22,25H,10,13-17H2,1-6H3,(H,36,44)(H,37,41)(H,38,45)(H,39,48)(H,40,46)(H,42,43)(H4,33,34,35)/t20-,21+,22-,25-/m0/s1. The molecule has 0 unspecified atom stereocenters. The maximum absolute atomic E-state index is 13.4. The number of carboxylic acids is 1. The van der Waals surface area contributed by atoms with Crippen LogP contribution in [0.1, 0.15) is 59.4 Å². The van der Waals surface area contributed by atoms with Crippen LogP contribution in [0.5, 0.6) is 0 Å². The Kier molecular flexibility index (Phi) is 17.8. The number of nitrogens with two attached hydrogens (primary N) is 2. The molecular weight excluding hydrogens is 656 g/mol. The summed E-state index contributed by atoms with van der Waals surface area (Å²) in [6.45, 7) is 7.73. The van der Waals surface area contributed by atoms with E-state index in [1.54, 1.807) is 65.0 Å². The summed E-state index contributed by atoms with van der Waals surface area (Å²) in [4.78, 5) is 92.7. The van der Waals surface area contributed by atoms with Gasteiger partial charge in [0.2, 0.25) is 23.6 Å². The lowest BCUT2D eigenvalue weighted by Gasteiger charge is -2.26. The van der Waals surface area contributed by atoms with Gasteiger partial charge in [0.1, 0.15) is 29.8 Å². The van der Waals surface area contributed by atoms with Gasteiger partial charge in [0, 0.05) is 13.0 Å². The van der Waals surface area contributed by atoms with E-state index in [-0.39, 0.29) is 37.7 Å². The fraction of sp³-hybridized carbons (Fsp3) is 0.562. The highest BCUT2D eigenvalue weighted by Gasteiger charge is 2.32. The summed E-state index contributed by atoms with van der Waals surface area (Å²) in [5, 5.41) is 21.6. The third-order valence-corrected chi connectivity index (χ3v) is 6.74. The minimum Gasteiger partial charge on any atom is -0.481 e. The monoisotopic (exact) mass is 706 g/mol. The highest BCUT2D eigenvalue weighted by atomic mass is 16.6. The predicted molar refractivity (Wildman–Crippen MR) is 181 cm³/mol. The van der Waals surface area contributed by atoms with Crippen molar-refractivity contribution in [2.45, 2.75) is 90.1 Å². The van der Waals surface area contributed by atoms with Gasteiger partial charge in [-0.2, -0.15) is 0 Å². The Bertz CT molecular complexity index is 1360. The first kappa shape index (κ1) is 42.6. The molecule has 1 rings (SSSR count). The Hall–Kier alpha value is -5.42. The number of ether oxygens (including phenoxy) is 2. The van der Waals surface area contributed by atoms with Crippen LogP contribution >= 0.6 is 0 Å². The normalized spacial score (nSPS) is 13.3. The molecule has 18 heteroatoms. The van der Waals surface area contributed by atoms with Gasteiger partial charge in [0.25, 0.3) is 0 Å². The number of esters is 1. The lowest BCUT2D eigenvalue weighted by Crippen LogP contribution is -2.58. The number of methoxy groups -OCH3 is 1. The summed E-state index contributed by atoms with van der Waals surface area (Å²) in [5.74, 6) is -6.14. The number of amides is 5. The van der Waals surface area contributed by atoms with Crippen molar-refractivity contribution in [3.63, 3.8) is 0 Å². The molecule has 4 atom stereocenters. The number of carbonyl (C=O) groups excluding carboxylic acids is 6. The topological polar surface area (TPSA) is 283 Å². The number of alkyl carbamates (subject to hydrolysis) is 1. The van der Waals surface area contributed by atoms with Crippen LogP contribution in [0.3, 0.4) is 0 Å². The van der Waals surface area contributed by atoms with Crippen molar-refractivity contribution in [1.29, 1.82) is 0 Å². The molecule has 10 N–H and O–H groups in total. The summed E-state index contributed by atoms with van der Waals surface area (Å²) in [7, 11) is 1.17.